The second-order valence-electron chi connectivity index (χ2n) is 2.24. The molecule has 0 unspecified atom stereocenters. The van der Waals surface area contributed by atoms with Gasteiger partial charge in [-0.2, -0.15) is 0 Å². The van der Waals surface area contributed by atoms with Crippen LogP contribution in [0, 0.1) is 6.92 Å². The number of rotatable bonds is 1. The molecule has 0 aliphatic heterocycles. The molecule has 4 heteroatoms. The Kier molecular flexibility index (Phi) is 1.63. The van der Waals surface area contributed by atoms with Crippen LogP contribution in [0.4, 0.5) is 0 Å². The third-order valence-corrected chi connectivity index (χ3v) is 1.51. The number of aryl methyl sites for hydroxylation is 2. The van der Waals surface area contributed by atoms with Crippen molar-refractivity contribution in [1.29, 1.82) is 0 Å². The standard InChI is InChI=1S/C6H10N2O2/c1-4-5(3-9)6(10)8(2)7-4/h7,9H,3H2,1-2H3. The molecule has 0 aliphatic carbocycles. The number of aromatic nitrogens is 2. The van der Waals surface area contributed by atoms with E-state index in [1.54, 1.807) is 14.0 Å². The Labute approximate surface area is 58.1 Å². The molecule has 10 heavy (non-hydrogen) atoms. The van der Waals surface area contributed by atoms with Crippen molar-refractivity contribution in [2.45, 2.75) is 13.5 Å². The Morgan fingerprint density at radius 3 is 2.50 bits per heavy atom. The van der Waals surface area contributed by atoms with Gasteiger partial charge in [0.2, 0.25) is 0 Å². The van der Waals surface area contributed by atoms with E-state index in [2.05, 4.69) is 5.10 Å². The summed E-state index contributed by atoms with van der Waals surface area (Å²) in [7, 11) is 1.62. The minimum Gasteiger partial charge on any atom is -0.391 e. The van der Waals surface area contributed by atoms with Crippen LogP contribution >= 0.6 is 0 Å². The molecule has 0 spiro atoms. The third kappa shape index (κ3) is 0.863. The summed E-state index contributed by atoms with van der Waals surface area (Å²) < 4.78 is 1.35. The first kappa shape index (κ1) is 7.08. The first-order valence-electron chi connectivity index (χ1n) is 3.02. The molecular weight excluding hydrogens is 132 g/mol. The second kappa shape index (κ2) is 2.30. The highest BCUT2D eigenvalue weighted by Gasteiger charge is 2.05. The van der Waals surface area contributed by atoms with E-state index in [-0.39, 0.29) is 12.2 Å². The molecule has 1 rings (SSSR count). The first-order valence-corrected chi connectivity index (χ1v) is 3.02. The molecule has 0 aromatic carbocycles. The summed E-state index contributed by atoms with van der Waals surface area (Å²) in [6.45, 7) is 1.56. The maximum absolute atomic E-state index is 11.0. The highest BCUT2D eigenvalue weighted by molar-refractivity contribution is 5.13. The van der Waals surface area contributed by atoms with E-state index in [1.807, 2.05) is 0 Å². The monoisotopic (exact) mass is 142 g/mol. The molecule has 56 valence electrons. The van der Waals surface area contributed by atoms with E-state index in [1.165, 1.54) is 4.68 Å². The maximum atomic E-state index is 11.0. The lowest BCUT2D eigenvalue weighted by molar-refractivity contribution is 0.280. The second-order valence-corrected chi connectivity index (χ2v) is 2.24. The number of nitrogens with one attached hydrogen (secondary N) is 1. The predicted octanol–water partition coefficient (Wildman–Crippen LogP) is -0.486. The predicted molar refractivity (Wildman–Crippen MR) is 36.7 cm³/mol. The van der Waals surface area contributed by atoms with Gasteiger partial charge >= 0.3 is 0 Å². The summed E-state index contributed by atoms with van der Waals surface area (Å²) in [5, 5.41) is 11.5. The molecule has 1 heterocycles. The van der Waals surface area contributed by atoms with Gasteiger partial charge in [-0.3, -0.25) is 14.6 Å². The van der Waals surface area contributed by atoms with Crippen molar-refractivity contribution in [3.63, 3.8) is 0 Å². The average Bonchev–Trinajstić information content (AvgIpc) is 2.09. The molecule has 1 aromatic heterocycles. The fourth-order valence-electron chi connectivity index (χ4n) is 0.919. The van der Waals surface area contributed by atoms with Crippen molar-refractivity contribution in [3.8, 4) is 0 Å². The molecule has 0 fully saturated rings. The smallest absolute Gasteiger partial charge is 0.271 e. The lowest BCUT2D eigenvalue weighted by Gasteiger charge is -1.85. The van der Waals surface area contributed by atoms with Crippen LogP contribution in [0.2, 0.25) is 0 Å². The molecule has 1 aromatic rings. The van der Waals surface area contributed by atoms with Crippen molar-refractivity contribution in [2.75, 3.05) is 0 Å². The zero-order valence-corrected chi connectivity index (χ0v) is 6.01. The van der Waals surface area contributed by atoms with Gasteiger partial charge < -0.3 is 5.11 Å². The lowest BCUT2D eigenvalue weighted by Crippen LogP contribution is -2.15. The summed E-state index contributed by atoms with van der Waals surface area (Å²) >= 11 is 0. The van der Waals surface area contributed by atoms with Gasteiger partial charge in [0.1, 0.15) is 0 Å². The van der Waals surface area contributed by atoms with Gasteiger partial charge in [-0.25, -0.2) is 0 Å². The molecular formula is C6H10N2O2. The Morgan fingerprint density at radius 1 is 1.70 bits per heavy atom. The summed E-state index contributed by atoms with van der Waals surface area (Å²) in [5.41, 5.74) is 1.03. The fourth-order valence-corrected chi connectivity index (χ4v) is 0.919. The largest absolute Gasteiger partial charge is 0.391 e. The number of hydrogen-bond acceptors (Lipinski definition) is 2. The first-order chi connectivity index (χ1) is 4.66. The van der Waals surface area contributed by atoms with Gasteiger partial charge in [0.15, 0.2) is 0 Å². The van der Waals surface area contributed by atoms with E-state index in [4.69, 9.17) is 5.11 Å². The van der Waals surface area contributed by atoms with Crippen molar-refractivity contribution in [1.82, 2.24) is 9.78 Å². The van der Waals surface area contributed by atoms with E-state index < -0.39 is 0 Å². The molecule has 0 saturated heterocycles. The number of hydrogen-bond donors (Lipinski definition) is 2. The Bertz CT molecular complexity index is 284. The van der Waals surface area contributed by atoms with Crippen LogP contribution in [-0.2, 0) is 13.7 Å². The molecule has 0 aliphatic rings. The third-order valence-electron chi connectivity index (χ3n) is 1.51. The minimum atomic E-state index is -0.192. The number of nitrogens with zero attached hydrogens (tertiary/aromatic N) is 1. The molecule has 0 bridgehead atoms. The van der Waals surface area contributed by atoms with Crippen LogP contribution in [0.3, 0.4) is 0 Å². The Morgan fingerprint density at radius 2 is 2.30 bits per heavy atom. The van der Waals surface area contributed by atoms with Crippen LogP contribution < -0.4 is 5.56 Å². The quantitative estimate of drug-likeness (QED) is 0.556. The van der Waals surface area contributed by atoms with Crippen LogP contribution in [0.1, 0.15) is 11.3 Å². The lowest BCUT2D eigenvalue weighted by atomic mass is 10.3. The highest BCUT2D eigenvalue weighted by Crippen LogP contribution is 1.96. The van der Waals surface area contributed by atoms with E-state index in [9.17, 15) is 4.79 Å². The number of aliphatic hydroxyl groups excluding tert-OH is 1. The van der Waals surface area contributed by atoms with Gasteiger partial charge in [-0.15, -0.1) is 0 Å². The van der Waals surface area contributed by atoms with E-state index >= 15 is 0 Å². The molecule has 0 saturated carbocycles. The highest BCUT2D eigenvalue weighted by atomic mass is 16.3. The minimum absolute atomic E-state index is 0.153. The maximum Gasteiger partial charge on any atom is 0.271 e. The zero-order valence-electron chi connectivity index (χ0n) is 6.01. The van der Waals surface area contributed by atoms with Gasteiger partial charge in [-0.1, -0.05) is 0 Å². The molecule has 0 radical (unpaired) electrons. The SMILES string of the molecule is Cc1[nH]n(C)c(=O)c1CO. The normalized spacial score (nSPS) is 10.3. The average molecular weight is 142 g/mol. The van der Waals surface area contributed by atoms with E-state index in [0.717, 1.165) is 5.69 Å². The molecule has 4 nitrogen and oxygen atoms in total. The van der Waals surface area contributed by atoms with Crippen LogP contribution in [-0.4, -0.2) is 14.9 Å². The van der Waals surface area contributed by atoms with Crippen LogP contribution in [0.5, 0.6) is 0 Å². The van der Waals surface area contributed by atoms with Gasteiger partial charge in [-0.05, 0) is 6.92 Å². The summed E-state index contributed by atoms with van der Waals surface area (Å²) in [6.07, 6.45) is 0. The van der Waals surface area contributed by atoms with E-state index in [0.29, 0.717) is 5.56 Å². The fraction of sp³-hybridized carbons (Fsp3) is 0.500. The molecule has 0 amide bonds. The zero-order chi connectivity index (χ0) is 7.72. The van der Waals surface area contributed by atoms with Crippen molar-refractivity contribution in [3.05, 3.63) is 21.6 Å². The van der Waals surface area contributed by atoms with Gasteiger partial charge in [0.05, 0.1) is 12.2 Å². The summed E-state index contributed by atoms with van der Waals surface area (Å²) in [5.74, 6) is 0. The number of aliphatic hydroxyl groups is 1. The van der Waals surface area contributed by atoms with Crippen molar-refractivity contribution in [2.24, 2.45) is 7.05 Å². The van der Waals surface area contributed by atoms with Crippen LogP contribution in [0.15, 0.2) is 4.79 Å². The van der Waals surface area contributed by atoms with Crippen molar-refractivity contribution >= 4 is 0 Å². The van der Waals surface area contributed by atoms with Crippen LogP contribution in [0.25, 0.3) is 0 Å². The number of aromatic amines is 1. The van der Waals surface area contributed by atoms with Gasteiger partial charge in [0.25, 0.3) is 5.56 Å². The Balaban J connectivity index is 3.34. The Hall–Kier alpha value is -1.03. The van der Waals surface area contributed by atoms with Gasteiger partial charge in [0, 0.05) is 12.7 Å². The summed E-state index contributed by atoms with van der Waals surface area (Å²) in [6, 6.07) is 0. The molecule has 0 atom stereocenters. The summed E-state index contributed by atoms with van der Waals surface area (Å²) in [4.78, 5) is 11.0. The van der Waals surface area contributed by atoms with Crippen molar-refractivity contribution < 1.29 is 5.11 Å². The molecule has 2 N–H and O–H groups in total. The topological polar surface area (TPSA) is 58.0 Å². The number of H-pyrrole nitrogens is 1.